The van der Waals surface area contributed by atoms with Crippen LogP contribution in [0.4, 0.5) is 5.69 Å². The highest BCUT2D eigenvalue weighted by atomic mass is 32.2. The summed E-state index contributed by atoms with van der Waals surface area (Å²) in [6, 6.07) is 1.99. The standard InChI is InChI=1S/C11H14N2S/c12-10-8-13-7-6-11(10)14-9-4-2-1-3-5-9/h2,4,6-9H,1,3,5,12H2. The monoisotopic (exact) mass is 206 g/mol. The fourth-order valence-corrected chi connectivity index (χ4v) is 2.67. The average Bonchev–Trinajstić information content (AvgIpc) is 2.23. The molecular formula is C11H14N2S. The highest BCUT2D eigenvalue weighted by Crippen LogP contribution is 2.32. The van der Waals surface area contributed by atoms with Gasteiger partial charge in [-0.25, -0.2) is 0 Å². The molecule has 0 fully saturated rings. The van der Waals surface area contributed by atoms with E-state index in [1.165, 1.54) is 19.3 Å². The quantitative estimate of drug-likeness (QED) is 0.756. The molecule has 0 bridgehead atoms. The fourth-order valence-electron chi connectivity index (χ4n) is 1.54. The van der Waals surface area contributed by atoms with Crippen LogP contribution in [0.1, 0.15) is 19.3 Å². The molecule has 0 saturated heterocycles. The zero-order chi connectivity index (χ0) is 9.80. The van der Waals surface area contributed by atoms with E-state index in [0.717, 1.165) is 10.6 Å². The maximum Gasteiger partial charge on any atom is 0.0638 e. The van der Waals surface area contributed by atoms with E-state index in [4.69, 9.17) is 5.73 Å². The lowest BCUT2D eigenvalue weighted by Crippen LogP contribution is -2.03. The van der Waals surface area contributed by atoms with E-state index >= 15 is 0 Å². The lowest BCUT2D eigenvalue weighted by atomic mass is 10.1. The van der Waals surface area contributed by atoms with Crippen LogP contribution in [0.15, 0.2) is 35.5 Å². The topological polar surface area (TPSA) is 38.9 Å². The van der Waals surface area contributed by atoms with Gasteiger partial charge in [0, 0.05) is 16.3 Å². The van der Waals surface area contributed by atoms with Crippen LogP contribution in [0.3, 0.4) is 0 Å². The van der Waals surface area contributed by atoms with E-state index in [2.05, 4.69) is 17.1 Å². The second-order valence-corrected chi connectivity index (χ2v) is 4.71. The van der Waals surface area contributed by atoms with Gasteiger partial charge in [0.1, 0.15) is 0 Å². The number of rotatable bonds is 2. The molecule has 1 atom stereocenters. The van der Waals surface area contributed by atoms with E-state index in [0.29, 0.717) is 5.25 Å². The SMILES string of the molecule is Nc1cnccc1SC1C=CCCC1. The first-order chi connectivity index (χ1) is 6.86. The molecule has 1 aliphatic rings. The Labute approximate surface area is 88.6 Å². The van der Waals surface area contributed by atoms with Crippen LogP contribution in [0.5, 0.6) is 0 Å². The summed E-state index contributed by atoms with van der Waals surface area (Å²) < 4.78 is 0. The molecule has 0 spiro atoms. The van der Waals surface area contributed by atoms with Crippen LogP contribution in [0, 0.1) is 0 Å². The predicted octanol–water partition coefficient (Wildman–Crippen LogP) is 2.86. The Hall–Kier alpha value is -0.960. The van der Waals surface area contributed by atoms with Crippen LogP contribution >= 0.6 is 11.8 Å². The summed E-state index contributed by atoms with van der Waals surface area (Å²) in [6.45, 7) is 0. The van der Waals surface area contributed by atoms with Gasteiger partial charge in [0.05, 0.1) is 11.9 Å². The molecule has 74 valence electrons. The van der Waals surface area contributed by atoms with Crippen molar-refractivity contribution in [2.24, 2.45) is 0 Å². The van der Waals surface area contributed by atoms with Crippen LogP contribution in [0.25, 0.3) is 0 Å². The molecule has 14 heavy (non-hydrogen) atoms. The Morgan fingerprint density at radius 1 is 1.50 bits per heavy atom. The molecule has 2 N–H and O–H groups in total. The number of hydrogen-bond donors (Lipinski definition) is 1. The Kier molecular flexibility index (Phi) is 3.09. The van der Waals surface area contributed by atoms with Gasteiger partial charge in [-0.3, -0.25) is 4.98 Å². The molecule has 2 rings (SSSR count). The van der Waals surface area contributed by atoms with Crippen LogP contribution < -0.4 is 5.73 Å². The largest absolute Gasteiger partial charge is 0.397 e. The molecule has 1 aliphatic carbocycles. The van der Waals surface area contributed by atoms with Gasteiger partial charge >= 0.3 is 0 Å². The summed E-state index contributed by atoms with van der Waals surface area (Å²) in [7, 11) is 0. The number of nitrogen functional groups attached to an aromatic ring is 1. The number of nitrogens with two attached hydrogens (primary N) is 1. The van der Waals surface area contributed by atoms with Gasteiger partial charge in [0.25, 0.3) is 0 Å². The second-order valence-electron chi connectivity index (χ2n) is 3.43. The fraction of sp³-hybridized carbons (Fsp3) is 0.364. The van der Waals surface area contributed by atoms with Crippen molar-refractivity contribution in [3.05, 3.63) is 30.6 Å². The van der Waals surface area contributed by atoms with Gasteiger partial charge < -0.3 is 5.73 Å². The van der Waals surface area contributed by atoms with E-state index in [-0.39, 0.29) is 0 Å². The highest BCUT2D eigenvalue weighted by molar-refractivity contribution is 8.00. The number of allylic oxidation sites excluding steroid dienone is 1. The van der Waals surface area contributed by atoms with Crippen LogP contribution in [-0.4, -0.2) is 10.2 Å². The van der Waals surface area contributed by atoms with Gasteiger partial charge in [0.2, 0.25) is 0 Å². The molecule has 1 heterocycles. The first kappa shape index (κ1) is 9.59. The molecule has 0 radical (unpaired) electrons. The highest BCUT2D eigenvalue weighted by Gasteiger charge is 2.11. The van der Waals surface area contributed by atoms with Crippen molar-refractivity contribution >= 4 is 17.4 Å². The number of thioether (sulfide) groups is 1. The second kappa shape index (κ2) is 4.51. The van der Waals surface area contributed by atoms with E-state index < -0.39 is 0 Å². The minimum Gasteiger partial charge on any atom is -0.397 e. The van der Waals surface area contributed by atoms with Gasteiger partial charge in [-0.05, 0) is 25.3 Å². The third-order valence-electron chi connectivity index (χ3n) is 2.30. The Balaban J connectivity index is 2.06. The molecule has 3 heteroatoms. The Morgan fingerprint density at radius 2 is 2.43 bits per heavy atom. The third-order valence-corrected chi connectivity index (χ3v) is 3.62. The van der Waals surface area contributed by atoms with Crippen molar-refractivity contribution in [3.63, 3.8) is 0 Å². The van der Waals surface area contributed by atoms with Gasteiger partial charge in [-0.15, -0.1) is 11.8 Å². The Bertz CT molecular complexity index is 336. The normalized spacial score (nSPS) is 21.0. The van der Waals surface area contributed by atoms with Gasteiger partial charge in [0.15, 0.2) is 0 Å². The molecule has 2 nitrogen and oxygen atoms in total. The van der Waals surface area contributed by atoms with Crippen molar-refractivity contribution in [3.8, 4) is 0 Å². The minimum atomic E-state index is 0.591. The predicted molar refractivity (Wildman–Crippen MR) is 61.3 cm³/mol. The van der Waals surface area contributed by atoms with E-state index in [1.807, 2.05) is 17.8 Å². The average molecular weight is 206 g/mol. The number of pyridine rings is 1. The van der Waals surface area contributed by atoms with Crippen molar-refractivity contribution in [1.29, 1.82) is 0 Å². The minimum absolute atomic E-state index is 0.591. The molecule has 0 aromatic carbocycles. The number of nitrogens with zero attached hydrogens (tertiary/aromatic N) is 1. The third kappa shape index (κ3) is 2.29. The van der Waals surface area contributed by atoms with Crippen LogP contribution in [-0.2, 0) is 0 Å². The van der Waals surface area contributed by atoms with Gasteiger partial charge in [-0.1, -0.05) is 12.2 Å². The lowest BCUT2D eigenvalue weighted by Gasteiger charge is -2.16. The summed E-state index contributed by atoms with van der Waals surface area (Å²) in [5.41, 5.74) is 6.62. The van der Waals surface area contributed by atoms with Crippen molar-refractivity contribution in [1.82, 2.24) is 4.98 Å². The maximum atomic E-state index is 5.83. The smallest absolute Gasteiger partial charge is 0.0638 e. The summed E-state index contributed by atoms with van der Waals surface area (Å²) in [5.74, 6) is 0. The molecule has 0 saturated carbocycles. The first-order valence-electron chi connectivity index (χ1n) is 4.89. The molecular weight excluding hydrogens is 192 g/mol. The molecule has 0 amide bonds. The summed E-state index contributed by atoms with van der Waals surface area (Å²) in [6.07, 6.45) is 11.8. The Morgan fingerprint density at radius 3 is 3.14 bits per heavy atom. The summed E-state index contributed by atoms with van der Waals surface area (Å²) in [4.78, 5) is 5.13. The van der Waals surface area contributed by atoms with Crippen molar-refractivity contribution in [2.75, 3.05) is 5.73 Å². The van der Waals surface area contributed by atoms with E-state index in [1.54, 1.807) is 12.4 Å². The lowest BCUT2D eigenvalue weighted by molar-refractivity contribution is 0.741. The van der Waals surface area contributed by atoms with Crippen LogP contribution in [0.2, 0.25) is 0 Å². The molecule has 1 aromatic heterocycles. The molecule has 0 aliphatic heterocycles. The first-order valence-corrected chi connectivity index (χ1v) is 5.77. The zero-order valence-electron chi connectivity index (χ0n) is 8.02. The van der Waals surface area contributed by atoms with Gasteiger partial charge in [-0.2, -0.15) is 0 Å². The summed E-state index contributed by atoms with van der Waals surface area (Å²) in [5, 5.41) is 0.591. The number of anilines is 1. The zero-order valence-corrected chi connectivity index (χ0v) is 8.83. The molecule has 1 aromatic rings. The van der Waals surface area contributed by atoms with E-state index in [9.17, 15) is 0 Å². The maximum absolute atomic E-state index is 5.83. The molecule has 1 unspecified atom stereocenters. The summed E-state index contributed by atoms with van der Waals surface area (Å²) >= 11 is 1.84. The van der Waals surface area contributed by atoms with Crippen molar-refractivity contribution < 1.29 is 0 Å². The number of aromatic nitrogens is 1. The van der Waals surface area contributed by atoms with Crippen molar-refractivity contribution in [2.45, 2.75) is 29.4 Å². The number of hydrogen-bond acceptors (Lipinski definition) is 3.